The zero-order chi connectivity index (χ0) is 13.7. The topological polar surface area (TPSA) is 30.5 Å². The second kappa shape index (κ2) is 7.58. The first-order valence-corrected chi connectivity index (χ1v) is 8.03. The molecule has 2 fully saturated rings. The quantitative estimate of drug-likeness (QED) is 0.738. The van der Waals surface area contributed by atoms with E-state index in [1.54, 1.807) is 0 Å². The number of nitrogens with one attached hydrogen (secondary N) is 2. The molecular formula is C15H32N4. The molecule has 2 rings (SSSR count). The maximum absolute atomic E-state index is 3.70. The van der Waals surface area contributed by atoms with Crippen molar-refractivity contribution in [1.82, 2.24) is 20.4 Å². The van der Waals surface area contributed by atoms with E-state index >= 15 is 0 Å². The van der Waals surface area contributed by atoms with Crippen LogP contribution in [0.1, 0.15) is 26.7 Å². The molecule has 19 heavy (non-hydrogen) atoms. The van der Waals surface area contributed by atoms with Gasteiger partial charge in [0.2, 0.25) is 0 Å². The second-order valence-corrected chi connectivity index (χ2v) is 6.60. The van der Waals surface area contributed by atoms with Crippen molar-refractivity contribution in [2.45, 2.75) is 38.8 Å². The van der Waals surface area contributed by atoms with Gasteiger partial charge in [0.1, 0.15) is 0 Å². The summed E-state index contributed by atoms with van der Waals surface area (Å²) in [4.78, 5) is 5.11. The van der Waals surface area contributed by atoms with E-state index < -0.39 is 0 Å². The summed E-state index contributed by atoms with van der Waals surface area (Å²) in [5, 5.41) is 7.26. The maximum Gasteiger partial charge on any atom is 0.0244 e. The summed E-state index contributed by atoms with van der Waals surface area (Å²) in [5.41, 5.74) is 0. The maximum atomic E-state index is 3.70. The van der Waals surface area contributed by atoms with Gasteiger partial charge in [-0.05, 0) is 32.4 Å². The van der Waals surface area contributed by atoms with Crippen molar-refractivity contribution in [3.8, 4) is 0 Å². The summed E-state index contributed by atoms with van der Waals surface area (Å²) in [6, 6.07) is 1.40. The van der Waals surface area contributed by atoms with Crippen molar-refractivity contribution in [2.24, 2.45) is 5.92 Å². The lowest BCUT2D eigenvalue weighted by molar-refractivity contribution is 0.0875. The highest BCUT2D eigenvalue weighted by atomic mass is 15.3. The predicted octanol–water partition coefficient (Wildman–Crippen LogP) is 0.600. The highest BCUT2D eigenvalue weighted by Gasteiger charge is 2.25. The standard InChI is InChI=1S/C15H32N4/c1-13(2)15(19-9-7-18(3)8-10-19)12-16-11-14-5-4-6-17-14/h13-17H,4-12H2,1-3H3. The second-order valence-electron chi connectivity index (χ2n) is 6.60. The first-order chi connectivity index (χ1) is 9.16. The van der Waals surface area contributed by atoms with Gasteiger partial charge >= 0.3 is 0 Å². The van der Waals surface area contributed by atoms with Crippen LogP contribution in [0.3, 0.4) is 0 Å². The van der Waals surface area contributed by atoms with Gasteiger partial charge in [-0.2, -0.15) is 0 Å². The van der Waals surface area contributed by atoms with Crippen LogP contribution in [-0.4, -0.2) is 74.7 Å². The zero-order valence-electron chi connectivity index (χ0n) is 13.0. The number of piperazine rings is 1. The van der Waals surface area contributed by atoms with Gasteiger partial charge in [0.25, 0.3) is 0 Å². The minimum absolute atomic E-state index is 0.690. The van der Waals surface area contributed by atoms with Crippen LogP contribution < -0.4 is 10.6 Å². The number of hydrogen-bond acceptors (Lipinski definition) is 4. The van der Waals surface area contributed by atoms with Gasteiger partial charge in [-0.25, -0.2) is 0 Å². The third-order valence-electron chi connectivity index (χ3n) is 4.68. The molecule has 0 bridgehead atoms. The Kier molecular flexibility index (Phi) is 6.07. The summed E-state index contributed by atoms with van der Waals surface area (Å²) in [6.07, 6.45) is 2.69. The minimum Gasteiger partial charge on any atom is -0.314 e. The third kappa shape index (κ3) is 4.71. The summed E-state index contributed by atoms with van der Waals surface area (Å²) in [5.74, 6) is 0.729. The van der Waals surface area contributed by atoms with Crippen LogP contribution in [0.25, 0.3) is 0 Å². The van der Waals surface area contributed by atoms with Crippen molar-refractivity contribution in [2.75, 3.05) is 52.9 Å². The summed E-state index contributed by atoms with van der Waals surface area (Å²) in [7, 11) is 2.23. The van der Waals surface area contributed by atoms with Gasteiger partial charge in [0.05, 0.1) is 0 Å². The van der Waals surface area contributed by atoms with Gasteiger partial charge in [-0.3, -0.25) is 4.90 Å². The van der Waals surface area contributed by atoms with Crippen LogP contribution in [0.5, 0.6) is 0 Å². The molecule has 4 heteroatoms. The summed E-state index contributed by atoms with van der Waals surface area (Å²) < 4.78 is 0. The molecule has 2 N–H and O–H groups in total. The average molecular weight is 268 g/mol. The zero-order valence-corrected chi connectivity index (χ0v) is 13.0. The molecule has 4 nitrogen and oxygen atoms in total. The highest BCUT2D eigenvalue weighted by molar-refractivity contribution is 4.83. The molecule has 2 atom stereocenters. The average Bonchev–Trinajstić information content (AvgIpc) is 2.89. The molecule has 112 valence electrons. The Morgan fingerprint density at radius 1 is 1.21 bits per heavy atom. The Morgan fingerprint density at radius 2 is 1.95 bits per heavy atom. The van der Waals surface area contributed by atoms with E-state index in [2.05, 4.69) is 41.3 Å². The van der Waals surface area contributed by atoms with E-state index in [0.717, 1.165) is 19.0 Å². The van der Waals surface area contributed by atoms with Crippen LogP contribution in [-0.2, 0) is 0 Å². The molecule has 0 aromatic carbocycles. The Hall–Kier alpha value is -0.160. The van der Waals surface area contributed by atoms with Crippen LogP contribution in [0.2, 0.25) is 0 Å². The van der Waals surface area contributed by atoms with E-state index in [1.807, 2.05) is 0 Å². The fourth-order valence-corrected chi connectivity index (χ4v) is 3.28. The normalized spacial score (nSPS) is 28.1. The van der Waals surface area contributed by atoms with Gasteiger partial charge < -0.3 is 15.5 Å². The lowest BCUT2D eigenvalue weighted by Gasteiger charge is -2.40. The van der Waals surface area contributed by atoms with Crippen LogP contribution >= 0.6 is 0 Å². The van der Waals surface area contributed by atoms with E-state index in [1.165, 1.54) is 45.6 Å². The molecule has 0 radical (unpaired) electrons. The van der Waals surface area contributed by atoms with Crippen LogP contribution in [0.4, 0.5) is 0 Å². The first kappa shape index (κ1) is 15.2. The van der Waals surface area contributed by atoms with Crippen LogP contribution in [0.15, 0.2) is 0 Å². The molecule has 2 aliphatic heterocycles. The highest BCUT2D eigenvalue weighted by Crippen LogP contribution is 2.13. The SMILES string of the molecule is CC(C)C(CNCC1CCCN1)N1CCN(C)CC1. The number of nitrogens with zero attached hydrogens (tertiary/aromatic N) is 2. The van der Waals surface area contributed by atoms with Crippen molar-refractivity contribution in [3.05, 3.63) is 0 Å². The lowest BCUT2D eigenvalue weighted by atomic mass is 10.0. The van der Waals surface area contributed by atoms with Gasteiger partial charge in [0.15, 0.2) is 0 Å². The first-order valence-electron chi connectivity index (χ1n) is 8.03. The van der Waals surface area contributed by atoms with Crippen molar-refractivity contribution in [3.63, 3.8) is 0 Å². The van der Waals surface area contributed by atoms with Crippen molar-refractivity contribution in [1.29, 1.82) is 0 Å². The largest absolute Gasteiger partial charge is 0.314 e. The monoisotopic (exact) mass is 268 g/mol. The van der Waals surface area contributed by atoms with Gasteiger partial charge in [-0.1, -0.05) is 13.8 Å². The Morgan fingerprint density at radius 3 is 2.53 bits per heavy atom. The van der Waals surface area contributed by atoms with E-state index in [0.29, 0.717) is 12.1 Å². The molecule has 0 aromatic heterocycles. The van der Waals surface area contributed by atoms with E-state index in [-0.39, 0.29) is 0 Å². The smallest absolute Gasteiger partial charge is 0.0244 e. The fourth-order valence-electron chi connectivity index (χ4n) is 3.28. The van der Waals surface area contributed by atoms with E-state index in [4.69, 9.17) is 0 Å². The molecule has 0 aromatic rings. The van der Waals surface area contributed by atoms with Crippen LogP contribution in [0, 0.1) is 5.92 Å². The molecule has 0 spiro atoms. The van der Waals surface area contributed by atoms with Gasteiger partial charge in [0, 0.05) is 51.4 Å². The number of rotatable bonds is 6. The molecule has 0 aliphatic carbocycles. The van der Waals surface area contributed by atoms with Crippen molar-refractivity contribution >= 4 is 0 Å². The van der Waals surface area contributed by atoms with E-state index in [9.17, 15) is 0 Å². The Labute approximate surface area is 118 Å². The predicted molar refractivity (Wildman–Crippen MR) is 81.6 cm³/mol. The number of hydrogen-bond donors (Lipinski definition) is 2. The summed E-state index contributed by atoms with van der Waals surface area (Å²) in [6.45, 7) is 13.1. The molecule has 0 amide bonds. The fraction of sp³-hybridized carbons (Fsp3) is 1.00. The molecule has 2 unspecified atom stereocenters. The third-order valence-corrected chi connectivity index (χ3v) is 4.68. The molecule has 0 saturated carbocycles. The minimum atomic E-state index is 0.690. The molecule has 2 heterocycles. The molecular weight excluding hydrogens is 236 g/mol. The molecule has 2 saturated heterocycles. The number of likely N-dealkylation sites (N-methyl/N-ethyl adjacent to an activating group) is 1. The Balaban J connectivity index is 1.72. The van der Waals surface area contributed by atoms with Gasteiger partial charge in [-0.15, -0.1) is 0 Å². The lowest BCUT2D eigenvalue weighted by Crippen LogP contribution is -2.54. The molecule has 2 aliphatic rings. The van der Waals surface area contributed by atoms with Crippen molar-refractivity contribution < 1.29 is 0 Å². The Bertz CT molecular complexity index is 243. The summed E-state index contributed by atoms with van der Waals surface area (Å²) >= 11 is 0.